The van der Waals surface area contributed by atoms with Crippen molar-refractivity contribution in [1.29, 1.82) is 0 Å². The van der Waals surface area contributed by atoms with Gasteiger partial charge in [0.1, 0.15) is 0 Å². The minimum atomic E-state index is -0.789. The lowest BCUT2D eigenvalue weighted by molar-refractivity contribution is -0.144. The van der Waals surface area contributed by atoms with E-state index in [4.69, 9.17) is 9.84 Å². The number of ether oxygens (including phenoxy) is 1. The van der Waals surface area contributed by atoms with E-state index < -0.39 is 5.97 Å². The Labute approximate surface area is 130 Å². The topological polar surface area (TPSA) is 75.6 Å². The third-order valence-corrected chi connectivity index (χ3v) is 4.27. The third-order valence-electron chi connectivity index (χ3n) is 4.27. The van der Waals surface area contributed by atoms with E-state index in [0.717, 1.165) is 24.0 Å². The fourth-order valence-corrected chi connectivity index (χ4v) is 3.01. The molecule has 1 aromatic rings. The van der Waals surface area contributed by atoms with E-state index in [0.29, 0.717) is 26.0 Å². The van der Waals surface area contributed by atoms with Crippen molar-refractivity contribution in [2.24, 2.45) is 11.8 Å². The number of benzene rings is 1. The van der Waals surface area contributed by atoms with Crippen molar-refractivity contribution in [2.45, 2.75) is 38.8 Å². The van der Waals surface area contributed by atoms with Crippen LogP contribution in [-0.4, -0.2) is 24.1 Å². The SMILES string of the molecule is COCc1ccccc1CNC(=O)C1CCCC(C(=O)O)C1. The monoisotopic (exact) mass is 305 g/mol. The van der Waals surface area contributed by atoms with Crippen LogP contribution < -0.4 is 5.32 Å². The molecule has 1 saturated carbocycles. The molecule has 2 unspecified atom stereocenters. The number of carboxylic acids is 1. The number of methoxy groups -OCH3 is 1. The Bertz CT molecular complexity index is 529. The van der Waals surface area contributed by atoms with Crippen LogP contribution in [0.15, 0.2) is 24.3 Å². The first-order valence-electron chi connectivity index (χ1n) is 7.68. The number of hydrogen-bond acceptors (Lipinski definition) is 3. The van der Waals surface area contributed by atoms with Gasteiger partial charge in [0.2, 0.25) is 5.91 Å². The van der Waals surface area contributed by atoms with E-state index in [9.17, 15) is 9.59 Å². The average Bonchev–Trinajstić information content (AvgIpc) is 2.54. The summed E-state index contributed by atoms with van der Waals surface area (Å²) >= 11 is 0. The van der Waals surface area contributed by atoms with Crippen LogP contribution in [0.2, 0.25) is 0 Å². The molecule has 5 nitrogen and oxygen atoms in total. The summed E-state index contributed by atoms with van der Waals surface area (Å²) < 4.78 is 5.15. The van der Waals surface area contributed by atoms with Crippen LogP contribution in [-0.2, 0) is 27.5 Å². The standard InChI is InChI=1S/C17H23NO4/c1-22-11-15-6-3-2-5-14(15)10-18-16(19)12-7-4-8-13(9-12)17(20)21/h2-3,5-6,12-13H,4,7-11H2,1H3,(H,18,19)(H,20,21). The molecule has 0 heterocycles. The summed E-state index contributed by atoms with van der Waals surface area (Å²) in [5.41, 5.74) is 2.08. The predicted octanol–water partition coefficient (Wildman–Crippen LogP) is 2.34. The van der Waals surface area contributed by atoms with Crippen LogP contribution in [0.1, 0.15) is 36.8 Å². The van der Waals surface area contributed by atoms with E-state index in [1.54, 1.807) is 7.11 Å². The van der Waals surface area contributed by atoms with Crippen LogP contribution >= 0.6 is 0 Å². The zero-order valence-corrected chi connectivity index (χ0v) is 12.9. The molecule has 120 valence electrons. The summed E-state index contributed by atoms with van der Waals surface area (Å²) in [6.07, 6.45) is 2.70. The van der Waals surface area contributed by atoms with Crippen molar-refractivity contribution in [3.8, 4) is 0 Å². The molecule has 2 N–H and O–H groups in total. The van der Waals surface area contributed by atoms with Crippen LogP contribution in [0.5, 0.6) is 0 Å². The Hall–Kier alpha value is -1.88. The van der Waals surface area contributed by atoms with Gasteiger partial charge in [-0.2, -0.15) is 0 Å². The fraction of sp³-hybridized carbons (Fsp3) is 0.529. The first kappa shape index (κ1) is 16.5. The Morgan fingerprint density at radius 3 is 2.59 bits per heavy atom. The molecule has 0 bridgehead atoms. The second-order valence-corrected chi connectivity index (χ2v) is 5.82. The van der Waals surface area contributed by atoms with Gasteiger partial charge in [-0.3, -0.25) is 9.59 Å². The van der Waals surface area contributed by atoms with Crippen molar-refractivity contribution >= 4 is 11.9 Å². The van der Waals surface area contributed by atoms with Crippen LogP contribution in [0.4, 0.5) is 0 Å². The molecule has 0 spiro atoms. The van der Waals surface area contributed by atoms with Gasteiger partial charge in [0.05, 0.1) is 12.5 Å². The van der Waals surface area contributed by atoms with Crippen LogP contribution in [0.25, 0.3) is 0 Å². The highest BCUT2D eigenvalue weighted by Gasteiger charge is 2.30. The van der Waals surface area contributed by atoms with E-state index in [-0.39, 0.29) is 17.7 Å². The van der Waals surface area contributed by atoms with Crippen molar-refractivity contribution < 1.29 is 19.4 Å². The summed E-state index contributed by atoms with van der Waals surface area (Å²) in [5, 5.41) is 12.0. The highest BCUT2D eigenvalue weighted by Crippen LogP contribution is 2.29. The zero-order valence-electron chi connectivity index (χ0n) is 12.9. The number of aliphatic carboxylic acids is 1. The van der Waals surface area contributed by atoms with Gasteiger partial charge < -0.3 is 15.2 Å². The van der Waals surface area contributed by atoms with Crippen LogP contribution in [0.3, 0.4) is 0 Å². The quantitative estimate of drug-likeness (QED) is 0.846. The molecule has 1 fully saturated rings. The smallest absolute Gasteiger partial charge is 0.306 e. The first-order chi connectivity index (χ1) is 10.6. The highest BCUT2D eigenvalue weighted by atomic mass is 16.5. The number of carbonyl (C=O) groups excluding carboxylic acids is 1. The maximum atomic E-state index is 12.3. The minimum absolute atomic E-state index is 0.0434. The normalized spacial score (nSPS) is 21.3. The van der Waals surface area contributed by atoms with Crippen molar-refractivity contribution in [1.82, 2.24) is 5.32 Å². The minimum Gasteiger partial charge on any atom is -0.481 e. The predicted molar refractivity (Wildman–Crippen MR) is 82.1 cm³/mol. The average molecular weight is 305 g/mol. The van der Waals surface area contributed by atoms with Gasteiger partial charge in [0, 0.05) is 19.6 Å². The summed E-state index contributed by atoms with van der Waals surface area (Å²) in [7, 11) is 1.64. The largest absolute Gasteiger partial charge is 0.481 e. The molecule has 0 radical (unpaired) electrons. The molecule has 0 aromatic heterocycles. The molecule has 2 rings (SSSR count). The number of carboxylic acid groups (broad SMARTS) is 1. The summed E-state index contributed by atoms with van der Waals surface area (Å²) in [5.74, 6) is -1.41. The molecule has 0 saturated heterocycles. The van der Waals surface area contributed by atoms with Gasteiger partial charge >= 0.3 is 5.97 Å². The summed E-state index contributed by atoms with van der Waals surface area (Å²) in [4.78, 5) is 23.3. The molecular weight excluding hydrogens is 282 g/mol. The Morgan fingerprint density at radius 2 is 1.91 bits per heavy atom. The molecule has 1 amide bonds. The highest BCUT2D eigenvalue weighted by molar-refractivity contribution is 5.80. The number of carbonyl (C=O) groups is 2. The Kier molecular flexibility index (Phi) is 5.95. The molecule has 22 heavy (non-hydrogen) atoms. The lowest BCUT2D eigenvalue weighted by Gasteiger charge is -2.25. The van der Waals surface area contributed by atoms with Gasteiger partial charge in [-0.05, 0) is 30.4 Å². The van der Waals surface area contributed by atoms with Gasteiger partial charge in [-0.15, -0.1) is 0 Å². The third kappa shape index (κ3) is 4.31. The zero-order chi connectivity index (χ0) is 15.9. The lowest BCUT2D eigenvalue weighted by Crippen LogP contribution is -2.35. The number of amides is 1. The van der Waals surface area contributed by atoms with Crippen LogP contribution in [0, 0.1) is 11.8 Å². The lowest BCUT2D eigenvalue weighted by atomic mass is 9.81. The molecule has 1 aliphatic rings. The number of nitrogens with one attached hydrogen (secondary N) is 1. The Morgan fingerprint density at radius 1 is 1.23 bits per heavy atom. The van der Waals surface area contributed by atoms with Crippen molar-refractivity contribution in [2.75, 3.05) is 7.11 Å². The second kappa shape index (κ2) is 7.94. The summed E-state index contributed by atoms with van der Waals surface area (Å²) in [6.45, 7) is 0.961. The Balaban J connectivity index is 1.91. The van der Waals surface area contributed by atoms with E-state index in [1.807, 2.05) is 24.3 Å². The second-order valence-electron chi connectivity index (χ2n) is 5.82. The molecule has 2 atom stereocenters. The van der Waals surface area contributed by atoms with E-state index >= 15 is 0 Å². The molecule has 0 aliphatic heterocycles. The van der Waals surface area contributed by atoms with E-state index in [2.05, 4.69) is 5.32 Å². The van der Waals surface area contributed by atoms with Crippen molar-refractivity contribution in [3.63, 3.8) is 0 Å². The van der Waals surface area contributed by atoms with Crippen molar-refractivity contribution in [3.05, 3.63) is 35.4 Å². The molecule has 1 aromatic carbocycles. The van der Waals surface area contributed by atoms with E-state index in [1.165, 1.54) is 0 Å². The fourth-order valence-electron chi connectivity index (χ4n) is 3.01. The number of hydrogen-bond donors (Lipinski definition) is 2. The van der Waals surface area contributed by atoms with Gasteiger partial charge in [0.15, 0.2) is 0 Å². The summed E-state index contributed by atoms with van der Waals surface area (Å²) in [6, 6.07) is 7.82. The molecule has 5 heteroatoms. The number of rotatable bonds is 6. The van der Waals surface area contributed by atoms with Gasteiger partial charge in [0.25, 0.3) is 0 Å². The maximum absolute atomic E-state index is 12.3. The molecular formula is C17H23NO4. The first-order valence-corrected chi connectivity index (χ1v) is 7.68. The molecule has 1 aliphatic carbocycles. The van der Waals surface area contributed by atoms with Gasteiger partial charge in [-0.25, -0.2) is 0 Å². The van der Waals surface area contributed by atoms with Gasteiger partial charge in [-0.1, -0.05) is 30.7 Å². The maximum Gasteiger partial charge on any atom is 0.306 e.